The molecule has 106 valence electrons. The van der Waals surface area contributed by atoms with Gasteiger partial charge in [-0.2, -0.15) is 12.6 Å². The number of rotatable bonds is 5. The fourth-order valence-electron chi connectivity index (χ4n) is 2.28. The molecule has 1 fully saturated rings. The highest BCUT2D eigenvalue weighted by Gasteiger charge is 2.29. The molecule has 1 aliphatic rings. The molecule has 2 nitrogen and oxygen atoms in total. The van der Waals surface area contributed by atoms with Gasteiger partial charge in [0.15, 0.2) is 0 Å². The van der Waals surface area contributed by atoms with E-state index in [0.29, 0.717) is 12.5 Å². The van der Waals surface area contributed by atoms with Crippen molar-refractivity contribution in [3.63, 3.8) is 0 Å². The van der Waals surface area contributed by atoms with Crippen LogP contribution in [0.3, 0.4) is 0 Å². The van der Waals surface area contributed by atoms with Crippen molar-refractivity contribution in [3.05, 3.63) is 44.9 Å². The van der Waals surface area contributed by atoms with Gasteiger partial charge in [0.05, 0.1) is 5.69 Å². The highest BCUT2D eigenvalue weighted by molar-refractivity contribution is 7.79. The van der Waals surface area contributed by atoms with Crippen molar-refractivity contribution in [2.45, 2.75) is 45.0 Å². The quantitative estimate of drug-likeness (QED) is 0.813. The maximum Gasteiger partial charge on any atom is 0.140 e. The molecule has 4 heteroatoms. The Morgan fingerprint density at radius 3 is 2.85 bits per heavy atom. The average Bonchev–Trinajstić information content (AvgIpc) is 3.21. The van der Waals surface area contributed by atoms with Crippen LogP contribution in [0, 0.1) is 13.8 Å². The van der Waals surface area contributed by atoms with Crippen molar-refractivity contribution in [1.29, 1.82) is 0 Å². The molecule has 0 amide bonds. The molecule has 1 aromatic heterocycles. The molecule has 0 N–H and O–H groups in total. The highest BCUT2D eigenvalue weighted by atomic mass is 32.1. The largest absolute Gasteiger partial charge is 0.486 e. The van der Waals surface area contributed by atoms with Crippen LogP contribution in [0.15, 0.2) is 18.2 Å². The van der Waals surface area contributed by atoms with E-state index < -0.39 is 0 Å². The van der Waals surface area contributed by atoms with Gasteiger partial charge in [0.2, 0.25) is 0 Å². The smallest absolute Gasteiger partial charge is 0.140 e. The van der Waals surface area contributed by atoms with Gasteiger partial charge >= 0.3 is 0 Å². The number of aryl methyl sites for hydroxylation is 1. The van der Waals surface area contributed by atoms with Crippen LogP contribution in [0.5, 0.6) is 5.75 Å². The third-order valence-corrected chi connectivity index (χ3v) is 5.36. The van der Waals surface area contributed by atoms with Gasteiger partial charge in [-0.25, -0.2) is 4.98 Å². The molecule has 0 atom stereocenters. The molecule has 20 heavy (non-hydrogen) atoms. The third kappa shape index (κ3) is 2.86. The minimum atomic E-state index is 0.558. The third-order valence-electron chi connectivity index (χ3n) is 3.79. The first-order chi connectivity index (χ1) is 9.69. The van der Waals surface area contributed by atoms with Gasteiger partial charge < -0.3 is 4.74 Å². The maximum absolute atomic E-state index is 5.94. The minimum absolute atomic E-state index is 0.558. The van der Waals surface area contributed by atoms with Crippen LogP contribution < -0.4 is 4.74 Å². The van der Waals surface area contributed by atoms with Gasteiger partial charge in [0.25, 0.3) is 0 Å². The Kier molecular flexibility index (Phi) is 4.03. The number of thiol groups is 1. The number of ether oxygens (including phenoxy) is 1. The molecule has 3 rings (SSSR count). The Balaban J connectivity index is 1.73. The van der Waals surface area contributed by atoms with Crippen molar-refractivity contribution >= 4 is 24.0 Å². The number of hydrogen-bond acceptors (Lipinski definition) is 4. The van der Waals surface area contributed by atoms with Crippen molar-refractivity contribution < 1.29 is 4.74 Å². The molecule has 0 unspecified atom stereocenters. The van der Waals surface area contributed by atoms with Crippen LogP contribution in [0.1, 0.15) is 45.5 Å². The fraction of sp³-hybridized carbons (Fsp3) is 0.438. The zero-order chi connectivity index (χ0) is 14.1. The van der Waals surface area contributed by atoms with Gasteiger partial charge in [-0.1, -0.05) is 12.1 Å². The van der Waals surface area contributed by atoms with E-state index in [1.54, 1.807) is 11.3 Å². The summed E-state index contributed by atoms with van der Waals surface area (Å²) in [7, 11) is 0. The SMILES string of the molecule is Cc1cccc(OCc2nc(C3CC3)c(CS)s2)c1C. The fourth-order valence-corrected chi connectivity index (χ4v) is 3.57. The first-order valence-electron chi connectivity index (χ1n) is 6.97. The standard InChI is InChI=1S/C16H19NOS2/c1-10-4-3-5-13(11(10)2)18-8-15-17-16(12-6-7-12)14(9-19)20-15/h3-5,12,19H,6-9H2,1-2H3. The van der Waals surface area contributed by atoms with Gasteiger partial charge in [-0.15, -0.1) is 11.3 Å². The molecule has 1 heterocycles. The van der Waals surface area contributed by atoms with Gasteiger partial charge in [0, 0.05) is 16.5 Å². The number of benzene rings is 1. The molecule has 0 spiro atoms. The summed E-state index contributed by atoms with van der Waals surface area (Å²) in [4.78, 5) is 6.07. The number of nitrogens with zero attached hydrogens (tertiary/aromatic N) is 1. The molecule has 0 bridgehead atoms. The second-order valence-electron chi connectivity index (χ2n) is 5.34. The van der Waals surface area contributed by atoms with Crippen molar-refractivity contribution in [1.82, 2.24) is 4.98 Å². The van der Waals surface area contributed by atoms with E-state index in [1.807, 2.05) is 12.1 Å². The van der Waals surface area contributed by atoms with E-state index in [1.165, 1.54) is 34.5 Å². The zero-order valence-electron chi connectivity index (χ0n) is 11.8. The lowest BCUT2D eigenvalue weighted by atomic mass is 10.1. The Hall–Kier alpha value is -1.000. The summed E-state index contributed by atoms with van der Waals surface area (Å²) >= 11 is 6.16. The lowest BCUT2D eigenvalue weighted by molar-refractivity contribution is 0.303. The molecule has 1 aromatic carbocycles. The monoisotopic (exact) mass is 305 g/mol. The molecule has 1 saturated carbocycles. The van der Waals surface area contributed by atoms with E-state index >= 15 is 0 Å². The van der Waals surface area contributed by atoms with Gasteiger partial charge in [-0.3, -0.25) is 0 Å². The van der Waals surface area contributed by atoms with Crippen LogP contribution in [-0.2, 0) is 12.4 Å². The van der Waals surface area contributed by atoms with E-state index in [9.17, 15) is 0 Å². The number of thiazole rings is 1. The van der Waals surface area contributed by atoms with Crippen molar-refractivity contribution in [3.8, 4) is 5.75 Å². The van der Waals surface area contributed by atoms with Crippen LogP contribution >= 0.6 is 24.0 Å². The highest BCUT2D eigenvalue weighted by Crippen LogP contribution is 2.43. The van der Waals surface area contributed by atoms with E-state index in [2.05, 4.69) is 32.5 Å². The predicted octanol–water partition coefficient (Wildman–Crippen LogP) is 4.65. The summed E-state index contributed by atoms with van der Waals surface area (Å²) in [6.07, 6.45) is 2.56. The van der Waals surface area contributed by atoms with E-state index in [-0.39, 0.29) is 0 Å². The summed E-state index contributed by atoms with van der Waals surface area (Å²) < 4.78 is 5.94. The molecule has 1 aliphatic carbocycles. The van der Waals surface area contributed by atoms with Crippen LogP contribution in [0.2, 0.25) is 0 Å². The second kappa shape index (κ2) is 5.78. The molecule has 0 radical (unpaired) electrons. The molecular weight excluding hydrogens is 286 g/mol. The second-order valence-corrected chi connectivity index (χ2v) is 6.82. The minimum Gasteiger partial charge on any atom is -0.486 e. The normalized spacial score (nSPS) is 14.6. The molecular formula is C16H19NOS2. The maximum atomic E-state index is 5.94. The summed E-state index contributed by atoms with van der Waals surface area (Å²) in [6.45, 7) is 4.76. The molecule has 2 aromatic rings. The molecule has 0 aliphatic heterocycles. The van der Waals surface area contributed by atoms with E-state index in [0.717, 1.165) is 16.5 Å². The van der Waals surface area contributed by atoms with Gasteiger partial charge in [0.1, 0.15) is 17.4 Å². The van der Waals surface area contributed by atoms with E-state index in [4.69, 9.17) is 9.72 Å². The Morgan fingerprint density at radius 2 is 2.15 bits per heavy atom. The lowest BCUT2D eigenvalue weighted by Gasteiger charge is -2.09. The Morgan fingerprint density at radius 1 is 1.35 bits per heavy atom. The Labute approximate surface area is 129 Å². The summed E-state index contributed by atoms with van der Waals surface area (Å²) in [5.74, 6) is 2.43. The summed E-state index contributed by atoms with van der Waals surface area (Å²) in [5.41, 5.74) is 3.74. The van der Waals surface area contributed by atoms with Gasteiger partial charge in [-0.05, 0) is 43.9 Å². The number of aromatic nitrogens is 1. The number of hydrogen-bond donors (Lipinski definition) is 1. The van der Waals surface area contributed by atoms with Crippen LogP contribution in [0.25, 0.3) is 0 Å². The van der Waals surface area contributed by atoms with Crippen LogP contribution in [0.4, 0.5) is 0 Å². The summed E-state index contributed by atoms with van der Waals surface area (Å²) in [6, 6.07) is 6.17. The topological polar surface area (TPSA) is 22.1 Å². The van der Waals surface area contributed by atoms with Crippen molar-refractivity contribution in [2.24, 2.45) is 0 Å². The van der Waals surface area contributed by atoms with Crippen LogP contribution in [-0.4, -0.2) is 4.98 Å². The average molecular weight is 305 g/mol. The molecule has 0 saturated heterocycles. The Bertz CT molecular complexity index is 617. The summed E-state index contributed by atoms with van der Waals surface area (Å²) in [5, 5.41) is 1.07. The first-order valence-corrected chi connectivity index (χ1v) is 8.42. The zero-order valence-corrected chi connectivity index (χ0v) is 13.6. The lowest BCUT2D eigenvalue weighted by Crippen LogP contribution is -1.97. The first kappa shape index (κ1) is 14.0. The van der Waals surface area contributed by atoms with Crippen molar-refractivity contribution in [2.75, 3.05) is 0 Å². The predicted molar refractivity (Wildman–Crippen MR) is 87.0 cm³/mol.